The van der Waals surface area contributed by atoms with E-state index in [2.05, 4.69) is 5.32 Å². The maximum Gasteiger partial charge on any atom is 0.326 e. The molecule has 0 aliphatic carbocycles. The van der Waals surface area contributed by atoms with Gasteiger partial charge in [-0.25, -0.2) is 4.79 Å². The molecule has 0 fully saturated rings. The van der Waals surface area contributed by atoms with Gasteiger partial charge in [-0.2, -0.15) is 0 Å². The van der Waals surface area contributed by atoms with Gasteiger partial charge in [-0.15, -0.1) is 0 Å². The molecular weight excluding hydrogens is 337 g/mol. The van der Waals surface area contributed by atoms with E-state index in [4.69, 9.17) is 10.2 Å². The van der Waals surface area contributed by atoms with Crippen LogP contribution in [0.5, 0.6) is 0 Å². The molecule has 0 aliphatic rings. The van der Waals surface area contributed by atoms with Crippen molar-refractivity contribution in [3.63, 3.8) is 0 Å². The highest BCUT2D eigenvalue weighted by atomic mass is 31.2. The highest BCUT2D eigenvalue weighted by Crippen LogP contribution is 2.41. The molecule has 0 spiro atoms. The zero-order chi connectivity index (χ0) is 18.2. The molecule has 2 atom stereocenters. The number of carboxylic acid groups (broad SMARTS) is 2. The zero-order valence-corrected chi connectivity index (χ0v) is 13.8. The first-order valence-corrected chi connectivity index (χ1v) is 9.31. The van der Waals surface area contributed by atoms with Crippen LogP contribution in [0.15, 0.2) is 30.3 Å². The van der Waals surface area contributed by atoms with Gasteiger partial charge < -0.3 is 20.4 Å². The number of benzene rings is 1. The number of carbonyl (C=O) groups is 3. The van der Waals surface area contributed by atoms with E-state index in [0.717, 1.165) is 0 Å². The normalized spacial score (nSPS) is 14.4. The van der Waals surface area contributed by atoms with Crippen LogP contribution in [-0.4, -0.2) is 51.3 Å². The maximum absolute atomic E-state index is 11.9. The maximum atomic E-state index is 11.9. The second-order valence-electron chi connectivity index (χ2n) is 5.35. The fourth-order valence-corrected chi connectivity index (χ4v) is 3.42. The molecule has 9 heteroatoms. The van der Waals surface area contributed by atoms with E-state index in [1.165, 1.54) is 0 Å². The van der Waals surface area contributed by atoms with Crippen molar-refractivity contribution in [2.75, 3.05) is 12.3 Å². The van der Waals surface area contributed by atoms with Crippen LogP contribution < -0.4 is 5.32 Å². The summed E-state index contributed by atoms with van der Waals surface area (Å²) in [6.45, 7) is 0. The monoisotopic (exact) mass is 357 g/mol. The van der Waals surface area contributed by atoms with Gasteiger partial charge in [0.1, 0.15) is 6.04 Å². The summed E-state index contributed by atoms with van der Waals surface area (Å²) in [5.41, 5.74) is 0.716. The van der Waals surface area contributed by atoms with Gasteiger partial charge in [0.2, 0.25) is 13.3 Å². The van der Waals surface area contributed by atoms with Crippen LogP contribution in [0.3, 0.4) is 0 Å². The van der Waals surface area contributed by atoms with Crippen molar-refractivity contribution in [2.24, 2.45) is 0 Å². The summed E-state index contributed by atoms with van der Waals surface area (Å²) >= 11 is 0. The molecule has 0 bridgehead atoms. The topological polar surface area (TPSA) is 141 Å². The van der Waals surface area contributed by atoms with Crippen molar-refractivity contribution in [3.8, 4) is 0 Å². The number of hydrogen-bond donors (Lipinski definition) is 4. The van der Waals surface area contributed by atoms with Crippen LogP contribution in [0.25, 0.3) is 0 Å². The Morgan fingerprint density at radius 1 is 1.08 bits per heavy atom. The highest BCUT2D eigenvalue weighted by Gasteiger charge is 2.26. The van der Waals surface area contributed by atoms with Crippen LogP contribution in [0.2, 0.25) is 0 Å². The van der Waals surface area contributed by atoms with Gasteiger partial charge in [0.15, 0.2) is 0 Å². The van der Waals surface area contributed by atoms with Gasteiger partial charge >= 0.3 is 11.9 Å². The van der Waals surface area contributed by atoms with Crippen molar-refractivity contribution in [3.05, 3.63) is 35.9 Å². The van der Waals surface area contributed by atoms with E-state index in [-0.39, 0.29) is 19.0 Å². The standard InChI is InChI=1S/C15H20NO7P/c17-13(10-11-4-2-1-3-5-11)16-12(15(20)21)6-8-24(22,23)9-7-14(18)19/h1-5,12H,6-10H2,(H,16,17)(H,18,19)(H,20,21)(H,22,23)/t12-/m1/s1. The van der Waals surface area contributed by atoms with Crippen molar-refractivity contribution < 1.29 is 34.1 Å². The molecule has 4 N–H and O–H groups in total. The zero-order valence-electron chi connectivity index (χ0n) is 12.9. The van der Waals surface area contributed by atoms with Crippen molar-refractivity contribution >= 4 is 25.2 Å². The number of carbonyl (C=O) groups excluding carboxylic acids is 1. The van der Waals surface area contributed by atoms with Gasteiger partial charge in [-0.1, -0.05) is 30.3 Å². The molecule has 24 heavy (non-hydrogen) atoms. The quantitative estimate of drug-likeness (QED) is 0.457. The van der Waals surface area contributed by atoms with Crippen LogP contribution in [-0.2, 0) is 25.4 Å². The number of aliphatic carboxylic acids is 2. The lowest BCUT2D eigenvalue weighted by atomic mass is 10.1. The van der Waals surface area contributed by atoms with E-state index in [0.29, 0.717) is 5.56 Å². The first kappa shape index (κ1) is 19.9. The van der Waals surface area contributed by atoms with E-state index in [1.54, 1.807) is 30.3 Å². The predicted octanol–water partition coefficient (Wildman–Crippen LogP) is 0.934. The van der Waals surface area contributed by atoms with Gasteiger partial charge in [-0.05, 0) is 12.0 Å². The van der Waals surface area contributed by atoms with Gasteiger partial charge in [-0.3, -0.25) is 14.2 Å². The number of nitrogens with one attached hydrogen (secondary N) is 1. The summed E-state index contributed by atoms with van der Waals surface area (Å²) in [5.74, 6) is -3.02. The second-order valence-corrected chi connectivity index (χ2v) is 7.93. The Kier molecular flexibility index (Phi) is 7.61. The Hall–Kier alpha value is -2.18. The molecule has 0 radical (unpaired) electrons. The van der Waals surface area contributed by atoms with Crippen LogP contribution in [0.4, 0.5) is 0 Å². The Morgan fingerprint density at radius 2 is 1.71 bits per heavy atom. The number of amides is 1. The van der Waals surface area contributed by atoms with E-state index >= 15 is 0 Å². The lowest BCUT2D eigenvalue weighted by Crippen LogP contribution is -2.42. The summed E-state index contributed by atoms with van der Waals surface area (Å²) in [6, 6.07) is 7.44. The van der Waals surface area contributed by atoms with Crippen molar-refractivity contribution in [1.29, 1.82) is 0 Å². The smallest absolute Gasteiger partial charge is 0.326 e. The number of rotatable bonds is 10. The molecule has 1 unspecified atom stereocenters. The minimum atomic E-state index is -3.75. The molecule has 1 amide bonds. The fraction of sp³-hybridized carbons (Fsp3) is 0.400. The molecule has 8 nitrogen and oxygen atoms in total. The second kappa shape index (κ2) is 9.20. The van der Waals surface area contributed by atoms with Crippen LogP contribution >= 0.6 is 7.37 Å². The number of hydrogen-bond acceptors (Lipinski definition) is 4. The molecule has 0 saturated carbocycles. The van der Waals surface area contributed by atoms with Crippen LogP contribution in [0.1, 0.15) is 18.4 Å². The third-order valence-corrected chi connectivity index (χ3v) is 5.16. The Balaban J connectivity index is 2.55. The fourth-order valence-electron chi connectivity index (χ4n) is 2.00. The van der Waals surface area contributed by atoms with E-state index in [1.807, 2.05) is 0 Å². The van der Waals surface area contributed by atoms with Crippen LogP contribution in [0, 0.1) is 0 Å². The summed E-state index contributed by atoms with van der Waals surface area (Å²) < 4.78 is 11.8. The average Bonchev–Trinajstić information content (AvgIpc) is 2.50. The van der Waals surface area contributed by atoms with Crippen molar-refractivity contribution in [1.82, 2.24) is 5.32 Å². The van der Waals surface area contributed by atoms with E-state index in [9.17, 15) is 23.8 Å². The molecule has 0 saturated heterocycles. The first-order chi connectivity index (χ1) is 11.2. The molecule has 0 aliphatic heterocycles. The van der Waals surface area contributed by atoms with Gasteiger partial charge in [0, 0.05) is 12.3 Å². The molecular formula is C15H20NO7P. The van der Waals surface area contributed by atoms with Crippen molar-refractivity contribution in [2.45, 2.75) is 25.3 Å². The van der Waals surface area contributed by atoms with Gasteiger partial charge in [0.25, 0.3) is 0 Å². The minimum Gasteiger partial charge on any atom is -0.481 e. The molecule has 1 aromatic carbocycles. The Bertz CT molecular complexity index is 632. The third-order valence-electron chi connectivity index (χ3n) is 3.28. The molecule has 132 valence electrons. The molecule has 1 rings (SSSR count). The SMILES string of the molecule is O=C(O)CCP(=O)(O)CC[C@@H](NC(=O)Cc1ccccc1)C(=O)O. The summed E-state index contributed by atoms with van der Waals surface area (Å²) in [5, 5.41) is 20.0. The summed E-state index contributed by atoms with van der Waals surface area (Å²) in [7, 11) is -3.75. The lowest BCUT2D eigenvalue weighted by molar-refractivity contribution is -0.141. The molecule has 1 aromatic rings. The largest absolute Gasteiger partial charge is 0.481 e. The summed E-state index contributed by atoms with van der Waals surface area (Å²) in [6.07, 6.45) is -1.51. The summed E-state index contributed by atoms with van der Waals surface area (Å²) in [4.78, 5) is 43.2. The highest BCUT2D eigenvalue weighted by molar-refractivity contribution is 7.58. The van der Waals surface area contributed by atoms with Gasteiger partial charge in [0.05, 0.1) is 12.8 Å². The average molecular weight is 357 g/mol. The Morgan fingerprint density at radius 3 is 2.25 bits per heavy atom. The predicted molar refractivity (Wildman–Crippen MR) is 86.1 cm³/mol. The Labute approximate surface area is 139 Å². The van der Waals surface area contributed by atoms with E-state index < -0.39 is 43.8 Å². The lowest BCUT2D eigenvalue weighted by Gasteiger charge is -2.17. The first-order valence-electron chi connectivity index (χ1n) is 7.28. The number of carboxylic acids is 2. The third kappa shape index (κ3) is 7.89. The minimum absolute atomic E-state index is 0.000417. The molecule has 0 heterocycles. The molecule has 0 aromatic heterocycles.